The number of aliphatic hydroxyl groups excluding tert-OH is 1. The fourth-order valence-corrected chi connectivity index (χ4v) is 1.65. The molecule has 0 radical (unpaired) electrons. The summed E-state index contributed by atoms with van der Waals surface area (Å²) in [5, 5.41) is 24.2. The Labute approximate surface area is 107 Å². The zero-order valence-corrected chi connectivity index (χ0v) is 10.8. The van der Waals surface area contributed by atoms with Crippen molar-refractivity contribution >= 4 is 21.9 Å². The van der Waals surface area contributed by atoms with Gasteiger partial charge in [0, 0.05) is 11.9 Å². The van der Waals surface area contributed by atoms with Crippen LogP contribution in [-0.4, -0.2) is 44.1 Å². The molecule has 1 atom stereocenters. The molecule has 8 heteroatoms. The van der Waals surface area contributed by atoms with Crippen LogP contribution < -0.4 is 5.32 Å². The molecule has 0 saturated carbocycles. The van der Waals surface area contributed by atoms with Crippen molar-refractivity contribution in [2.45, 2.75) is 19.1 Å². The quantitative estimate of drug-likeness (QED) is 0.316. The Hall–Kier alpha value is -0.990. The molecule has 0 aliphatic rings. The highest BCUT2D eigenvalue weighted by Gasteiger charge is 2.16. The Kier molecular flexibility index (Phi) is 6.09. The second kappa shape index (κ2) is 7.36. The van der Waals surface area contributed by atoms with E-state index in [1.807, 2.05) is 0 Å². The monoisotopic (exact) mass is 306 g/mol. The smallest absolute Gasteiger partial charge is 0.390 e. The highest BCUT2D eigenvalue weighted by molar-refractivity contribution is 9.09. The summed E-state index contributed by atoms with van der Waals surface area (Å²) in [5.41, 5.74) is 0. The van der Waals surface area contributed by atoms with Gasteiger partial charge >= 0.3 is 5.95 Å². The minimum Gasteiger partial charge on any atom is -0.390 e. The maximum atomic E-state index is 10.6. The topological polar surface area (TPSA) is 93.2 Å². The first-order valence-corrected chi connectivity index (χ1v) is 6.37. The molecule has 2 N–H and O–H groups in total. The molecular weight excluding hydrogens is 292 g/mol. The summed E-state index contributed by atoms with van der Waals surface area (Å²) in [7, 11) is 0. The third-order valence-electron chi connectivity index (χ3n) is 2.13. The molecule has 0 bridgehead atoms. The second-order valence-electron chi connectivity index (χ2n) is 3.54. The van der Waals surface area contributed by atoms with Crippen molar-refractivity contribution < 1.29 is 10.0 Å². The van der Waals surface area contributed by atoms with Gasteiger partial charge in [-0.1, -0.05) is 20.9 Å². The van der Waals surface area contributed by atoms with Gasteiger partial charge in [-0.25, -0.2) is 4.57 Å². The van der Waals surface area contributed by atoms with Gasteiger partial charge in [0.2, 0.25) is 0 Å². The molecule has 1 unspecified atom stereocenters. The van der Waals surface area contributed by atoms with Gasteiger partial charge in [-0.3, -0.25) is 0 Å². The van der Waals surface area contributed by atoms with Gasteiger partial charge in [0.05, 0.1) is 12.6 Å². The Balaban J connectivity index is 2.37. The highest BCUT2D eigenvalue weighted by atomic mass is 79.9. The molecule has 17 heavy (non-hydrogen) atoms. The summed E-state index contributed by atoms with van der Waals surface area (Å²) < 4.78 is 1.33. The summed E-state index contributed by atoms with van der Waals surface area (Å²) in [5.74, 6) is -0.246. The third kappa shape index (κ3) is 4.80. The molecular formula is C9H15BrN4O3. The van der Waals surface area contributed by atoms with Crippen molar-refractivity contribution in [3.63, 3.8) is 0 Å². The van der Waals surface area contributed by atoms with Crippen LogP contribution >= 0.6 is 15.9 Å². The Morgan fingerprint density at radius 3 is 3.12 bits per heavy atom. The first-order valence-electron chi connectivity index (χ1n) is 5.25. The van der Waals surface area contributed by atoms with E-state index >= 15 is 0 Å². The van der Waals surface area contributed by atoms with Crippen LogP contribution in [0.3, 0.4) is 0 Å². The normalized spacial score (nSPS) is 12.6. The number of nitro groups is 1. The van der Waals surface area contributed by atoms with Gasteiger partial charge in [-0.05, 0) is 17.9 Å². The summed E-state index contributed by atoms with van der Waals surface area (Å²) in [6.45, 7) is 1.37. The lowest BCUT2D eigenvalue weighted by molar-refractivity contribution is -0.397. The first kappa shape index (κ1) is 14.1. The van der Waals surface area contributed by atoms with Crippen LogP contribution in [0.5, 0.6) is 0 Å². The average molecular weight is 307 g/mol. The molecule has 0 aliphatic carbocycles. The molecule has 96 valence electrons. The van der Waals surface area contributed by atoms with Crippen molar-refractivity contribution in [1.29, 1.82) is 0 Å². The van der Waals surface area contributed by atoms with Gasteiger partial charge in [-0.15, -0.1) is 0 Å². The van der Waals surface area contributed by atoms with Crippen LogP contribution in [0.15, 0.2) is 12.4 Å². The number of hydrogen-bond donors (Lipinski definition) is 2. The van der Waals surface area contributed by atoms with Gasteiger partial charge in [-0.2, -0.15) is 0 Å². The van der Waals surface area contributed by atoms with Gasteiger partial charge in [0.1, 0.15) is 12.4 Å². The number of hydrogen-bond acceptors (Lipinski definition) is 5. The van der Waals surface area contributed by atoms with Gasteiger partial charge in [0.15, 0.2) is 0 Å². The van der Waals surface area contributed by atoms with Crippen LogP contribution in [0.4, 0.5) is 5.95 Å². The minimum absolute atomic E-state index is 0.164. The maximum absolute atomic E-state index is 10.6. The number of rotatable bonds is 8. The fraction of sp³-hybridized carbons (Fsp3) is 0.667. The molecule has 1 heterocycles. The van der Waals surface area contributed by atoms with Crippen LogP contribution in [0.1, 0.15) is 6.42 Å². The molecule has 0 aromatic carbocycles. The Bertz CT molecular complexity index is 358. The zero-order chi connectivity index (χ0) is 12.7. The van der Waals surface area contributed by atoms with Crippen LogP contribution in [0, 0.1) is 10.1 Å². The predicted molar refractivity (Wildman–Crippen MR) is 66.2 cm³/mol. The number of aromatic nitrogens is 2. The summed E-state index contributed by atoms with van der Waals surface area (Å²) in [4.78, 5) is 13.6. The third-order valence-corrected chi connectivity index (χ3v) is 2.69. The largest absolute Gasteiger partial charge is 0.434 e. The van der Waals surface area contributed by atoms with E-state index in [1.165, 1.54) is 17.0 Å². The average Bonchev–Trinajstić information content (AvgIpc) is 2.72. The number of alkyl halides is 1. The van der Waals surface area contributed by atoms with E-state index in [-0.39, 0.29) is 12.5 Å². The minimum atomic E-state index is -0.668. The van der Waals surface area contributed by atoms with E-state index < -0.39 is 11.0 Å². The molecule has 1 aromatic heterocycles. The van der Waals surface area contributed by atoms with Crippen molar-refractivity contribution in [1.82, 2.24) is 14.9 Å². The molecule has 7 nitrogen and oxygen atoms in total. The van der Waals surface area contributed by atoms with E-state index in [0.29, 0.717) is 6.54 Å². The fourth-order valence-electron chi connectivity index (χ4n) is 1.37. The lowest BCUT2D eigenvalue weighted by Crippen LogP contribution is -2.31. The van der Waals surface area contributed by atoms with Crippen molar-refractivity contribution in [3.05, 3.63) is 22.5 Å². The van der Waals surface area contributed by atoms with Gasteiger partial charge < -0.3 is 20.5 Å². The molecule has 1 rings (SSSR count). The molecule has 0 fully saturated rings. The van der Waals surface area contributed by atoms with Gasteiger partial charge in [0.25, 0.3) is 0 Å². The second-order valence-corrected chi connectivity index (χ2v) is 4.33. The SMILES string of the molecule is O=[N+]([O-])c1nccn1CC(O)CNCCCBr. The van der Waals surface area contributed by atoms with Crippen LogP contribution in [0.2, 0.25) is 0 Å². The number of nitrogens with zero attached hydrogens (tertiary/aromatic N) is 3. The van der Waals surface area contributed by atoms with Crippen LogP contribution in [-0.2, 0) is 6.54 Å². The van der Waals surface area contributed by atoms with E-state index in [0.717, 1.165) is 18.3 Å². The van der Waals surface area contributed by atoms with E-state index in [1.54, 1.807) is 0 Å². The number of nitrogens with one attached hydrogen (secondary N) is 1. The summed E-state index contributed by atoms with van der Waals surface area (Å²) >= 11 is 3.30. The van der Waals surface area contributed by atoms with Crippen molar-refractivity contribution in [2.75, 3.05) is 18.4 Å². The Morgan fingerprint density at radius 2 is 2.47 bits per heavy atom. The summed E-state index contributed by atoms with van der Waals surface area (Å²) in [6.07, 6.45) is 3.14. The van der Waals surface area contributed by atoms with Crippen molar-refractivity contribution in [3.8, 4) is 0 Å². The number of imidazole rings is 1. The Morgan fingerprint density at radius 1 is 1.71 bits per heavy atom. The molecule has 0 amide bonds. The number of aliphatic hydroxyl groups is 1. The number of halogens is 1. The van der Waals surface area contributed by atoms with Crippen LogP contribution in [0.25, 0.3) is 0 Å². The highest BCUT2D eigenvalue weighted by Crippen LogP contribution is 2.07. The maximum Gasteiger partial charge on any atom is 0.434 e. The van der Waals surface area contributed by atoms with Crippen molar-refractivity contribution in [2.24, 2.45) is 0 Å². The van der Waals surface area contributed by atoms with E-state index in [2.05, 4.69) is 26.2 Å². The molecule has 0 spiro atoms. The molecule has 0 saturated heterocycles. The van der Waals surface area contributed by atoms with E-state index in [4.69, 9.17) is 0 Å². The first-order chi connectivity index (χ1) is 8.15. The molecule has 0 aliphatic heterocycles. The predicted octanol–water partition coefficient (Wildman–Crippen LogP) is 0.527. The lowest BCUT2D eigenvalue weighted by Gasteiger charge is -2.10. The standard InChI is InChI=1S/C9H15BrN4O3/c10-2-1-3-11-6-8(15)7-13-5-4-12-9(13)14(16)17/h4-5,8,11,15H,1-3,6-7H2. The molecule has 1 aromatic rings. The summed E-state index contributed by atoms with van der Waals surface area (Å²) in [6, 6.07) is 0. The van der Waals surface area contributed by atoms with E-state index in [9.17, 15) is 15.2 Å². The lowest BCUT2D eigenvalue weighted by atomic mass is 10.3. The zero-order valence-electron chi connectivity index (χ0n) is 9.25.